The fourth-order valence-electron chi connectivity index (χ4n) is 2.33. The molecule has 1 rings (SSSR count). The van der Waals surface area contributed by atoms with Crippen LogP contribution in [0.5, 0.6) is 0 Å². The molecule has 0 atom stereocenters. The molecule has 0 N–H and O–H groups in total. The van der Waals surface area contributed by atoms with E-state index in [1.54, 1.807) is 0 Å². The predicted molar refractivity (Wildman–Crippen MR) is 84.6 cm³/mol. The maximum Gasteiger partial charge on any atom is 0.0136 e. The van der Waals surface area contributed by atoms with Gasteiger partial charge in [0, 0.05) is 13.1 Å². The number of nitrogens with zero attached hydrogens (tertiary/aromatic N) is 1. The second kappa shape index (κ2) is 12.2. The Labute approximate surface area is 119 Å². The zero-order chi connectivity index (χ0) is 13.6. The number of hydrogen-bond donors (Lipinski definition) is 0. The molecule has 0 saturated heterocycles. The van der Waals surface area contributed by atoms with Crippen molar-refractivity contribution in [1.82, 2.24) is 5.32 Å². The molecule has 0 unspecified atom stereocenters. The zero-order valence-corrected chi connectivity index (χ0v) is 12.6. The van der Waals surface area contributed by atoms with Crippen molar-refractivity contribution in [3.05, 3.63) is 35.9 Å². The van der Waals surface area contributed by atoms with Crippen LogP contribution in [0, 0.1) is 0 Å². The highest BCUT2D eigenvalue weighted by Crippen LogP contribution is 2.06. The lowest BCUT2D eigenvalue weighted by atomic mass is 10.1. The fraction of sp³-hybridized carbons (Fsp3) is 0.667. The molecule has 0 aliphatic rings. The van der Waals surface area contributed by atoms with Crippen LogP contribution in [0.3, 0.4) is 0 Å². The zero-order valence-electron chi connectivity index (χ0n) is 12.6. The first-order valence-electron chi connectivity index (χ1n) is 8.10. The van der Waals surface area contributed by atoms with E-state index < -0.39 is 0 Å². The first-order chi connectivity index (χ1) is 9.43. The van der Waals surface area contributed by atoms with Gasteiger partial charge in [0.2, 0.25) is 0 Å². The third kappa shape index (κ3) is 9.72. The van der Waals surface area contributed by atoms with Gasteiger partial charge in [-0.25, -0.2) is 5.32 Å². The molecule has 0 heterocycles. The van der Waals surface area contributed by atoms with Crippen LogP contribution in [0.1, 0.15) is 63.9 Å². The molecule has 1 heteroatoms. The molecule has 0 aliphatic carbocycles. The van der Waals surface area contributed by atoms with Gasteiger partial charge in [-0.15, -0.1) is 0 Å². The van der Waals surface area contributed by atoms with Gasteiger partial charge < -0.3 is 0 Å². The number of rotatable bonds is 12. The van der Waals surface area contributed by atoms with Crippen LogP contribution >= 0.6 is 0 Å². The van der Waals surface area contributed by atoms with E-state index in [0.717, 1.165) is 13.1 Å². The SMILES string of the molecule is CCCCCCCCC[N]CCCc1ccccc1. The summed E-state index contributed by atoms with van der Waals surface area (Å²) in [4.78, 5) is 0. The average Bonchev–Trinajstić information content (AvgIpc) is 2.46. The molecule has 0 aromatic heterocycles. The van der Waals surface area contributed by atoms with Gasteiger partial charge in [0.1, 0.15) is 0 Å². The van der Waals surface area contributed by atoms with E-state index in [2.05, 4.69) is 42.6 Å². The molecule has 1 aromatic carbocycles. The molecular formula is C18H30N. The van der Waals surface area contributed by atoms with Crippen LogP contribution in [0.25, 0.3) is 0 Å². The van der Waals surface area contributed by atoms with Crippen molar-refractivity contribution in [2.24, 2.45) is 0 Å². The second-order valence-corrected chi connectivity index (χ2v) is 5.38. The molecule has 1 radical (unpaired) electrons. The van der Waals surface area contributed by atoms with E-state index in [1.165, 1.54) is 63.4 Å². The molecule has 1 aromatic rings. The Balaban J connectivity index is 1.79. The summed E-state index contributed by atoms with van der Waals surface area (Å²) < 4.78 is 0. The molecule has 107 valence electrons. The van der Waals surface area contributed by atoms with Crippen molar-refractivity contribution in [2.75, 3.05) is 13.1 Å². The minimum Gasteiger partial charge on any atom is -0.242 e. The van der Waals surface area contributed by atoms with Crippen LogP contribution in [-0.4, -0.2) is 13.1 Å². The molecular weight excluding hydrogens is 230 g/mol. The normalized spacial score (nSPS) is 10.8. The van der Waals surface area contributed by atoms with E-state index in [-0.39, 0.29) is 0 Å². The molecule has 1 nitrogen and oxygen atoms in total. The van der Waals surface area contributed by atoms with Crippen molar-refractivity contribution in [3.63, 3.8) is 0 Å². The van der Waals surface area contributed by atoms with Gasteiger partial charge in [-0.05, 0) is 24.8 Å². The molecule has 0 bridgehead atoms. The highest BCUT2D eigenvalue weighted by Gasteiger charge is 1.94. The topological polar surface area (TPSA) is 14.1 Å². The maximum atomic E-state index is 4.62. The maximum absolute atomic E-state index is 4.62. The van der Waals surface area contributed by atoms with Gasteiger partial charge in [0.15, 0.2) is 0 Å². The van der Waals surface area contributed by atoms with Crippen molar-refractivity contribution < 1.29 is 0 Å². The summed E-state index contributed by atoms with van der Waals surface area (Å²) >= 11 is 0. The molecule has 0 spiro atoms. The number of hydrogen-bond acceptors (Lipinski definition) is 0. The van der Waals surface area contributed by atoms with Crippen molar-refractivity contribution in [2.45, 2.75) is 64.7 Å². The lowest BCUT2D eigenvalue weighted by molar-refractivity contribution is 0.552. The van der Waals surface area contributed by atoms with Gasteiger partial charge >= 0.3 is 0 Å². The average molecular weight is 260 g/mol. The lowest BCUT2D eigenvalue weighted by Crippen LogP contribution is -2.09. The fourth-order valence-corrected chi connectivity index (χ4v) is 2.33. The van der Waals surface area contributed by atoms with Gasteiger partial charge in [-0.2, -0.15) is 0 Å². The highest BCUT2D eigenvalue weighted by molar-refractivity contribution is 5.14. The van der Waals surface area contributed by atoms with Gasteiger partial charge in [-0.3, -0.25) is 0 Å². The molecule has 0 saturated carbocycles. The Morgan fingerprint density at radius 2 is 1.37 bits per heavy atom. The largest absolute Gasteiger partial charge is 0.242 e. The Hall–Kier alpha value is -0.820. The summed E-state index contributed by atoms with van der Waals surface area (Å²) in [5.41, 5.74) is 1.44. The minimum atomic E-state index is 1.03. The van der Waals surface area contributed by atoms with Crippen LogP contribution in [-0.2, 0) is 6.42 Å². The Kier molecular flexibility index (Phi) is 10.4. The minimum absolute atomic E-state index is 1.03. The predicted octanol–water partition coefficient (Wildman–Crippen LogP) is 4.97. The summed E-state index contributed by atoms with van der Waals surface area (Å²) in [5, 5.41) is 4.62. The summed E-state index contributed by atoms with van der Waals surface area (Å²) in [6.45, 7) is 4.38. The summed E-state index contributed by atoms with van der Waals surface area (Å²) in [7, 11) is 0. The second-order valence-electron chi connectivity index (χ2n) is 5.38. The van der Waals surface area contributed by atoms with Crippen LogP contribution in [0.15, 0.2) is 30.3 Å². The number of aryl methyl sites for hydroxylation is 1. The quantitative estimate of drug-likeness (QED) is 0.471. The summed E-state index contributed by atoms with van der Waals surface area (Å²) in [6, 6.07) is 10.7. The Morgan fingerprint density at radius 3 is 2.11 bits per heavy atom. The smallest absolute Gasteiger partial charge is 0.0136 e. The third-order valence-corrected chi connectivity index (χ3v) is 3.54. The third-order valence-electron chi connectivity index (χ3n) is 3.54. The van der Waals surface area contributed by atoms with E-state index in [9.17, 15) is 0 Å². The van der Waals surface area contributed by atoms with Crippen molar-refractivity contribution in [1.29, 1.82) is 0 Å². The molecule has 0 aliphatic heterocycles. The van der Waals surface area contributed by atoms with E-state index in [1.807, 2.05) is 0 Å². The summed E-state index contributed by atoms with van der Waals surface area (Å²) in [6.07, 6.45) is 12.0. The van der Waals surface area contributed by atoms with Gasteiger partial charge in [0.05, 0.1) is 0 Å². The Morgan fingerprint density at radius 1 is 0.737 bits per heavy atom. The van der Waals surface area contributed by atoms with Gasteiger partial charge in [-0.1, -0.05) is 75.8 Å². The van der Waals surface area contributed by atoms with Crippen molar-refractivity contribution in [3.8, 4) is 0 Å². The van der Waals surface area contributed by atoms with Crippen LogP contribution < -0.4 is 5.32 Å². The number of unbranched alkanes of at least 4 members (excludes halogenated alkanes) is 6. The molecule has 0 fully saturated rings. The van der Waals surface area contributed by atoms with Crippen LogP contribution in [0.2, 0.25) is 0 Å². The molecule has 19 heavy (non-hydrogen) atoms. The van der Waals surface area contributed by atoms with Gasteiger partial charge in [0.25, 0.3) is 0 Å². The molecule has 0 amide bonds. The first kappa shape index (κ1) is 16.2. The monoisotopic (exact) mass is 260 g/mol. The van der Waals surface area contributed by atoms with E-state index >= 15 is 0 Å². The van der Waals surface area contributed by atoms with E-state index in [4.69, 9.17) is 0 Å². The number of benzene rings is 1. The lowest BCUT2D eigenvalue weighted by Gasteiger charge is -2.03. The standard InChI is InChI=1S/C18H30N/c1-2-3-4-5-6-7-11-16-19-17-12-15-18-13-9-8-10-14-18/h8-10,13-14H,2-7,11-12,15-17H2,1H3. The summed E-state index contributed by atoms with van der Waals surface area (Å²) in [5.74, 6) is 0. The van der Waals surface area contributed by atoms with Crippen LogP contribution in [0.4, 0.5) is 0 Å². The highest BCUT2D eigenvalue weighted by atomic mass is 14.8. The first-order valence-corrected chi connectivity index (χ1v) is 8.10. The Bertz CT molecular complexity index is 281. The van der Waals surface area contributed by atoms with E-state index in [0.29, 0.717) is 0 Å². The van der Waals surface area contributed by atoms with Crippen molar-refractivity contribution >= 4 is 0 Å².